The van der Waals surface area contributed by atoms with Crippen molar-refractivity contribution >= 4 is 23.7 Å². The van der Waals surface area contributed by atoms with Crippen LogP contribution < -0.4 is 14.9 Å². The quantitative estimate of drug-likeness (QED) is 0.235. The van der Waals surface area contributed by atoms with Crippen LogP contribution >= 0.6 is 11.6 Å². The Morgan fingerprint density at radius 3 is 2.49 bits per heavy atom. The lowest BCUT2D eigenvalue weighted by Gasteiger charge is -2.13. The van der Waals surface area contributed by atoms with E-state index in [1.54, 1.807) is 24.3 Å². The largest absolute Gasteiger partial charge is 0.491 e. The summed E-state index contributed by atoms with van der Waals surface area (Å²) in [4.78, 5) is 12.6. The molecule has 0 aliphatic rings. The number of hydrogen-bond donors (Lipinski definition) is 1. The molecule has 0 fully saturated rings. The molecule has 0 saturated carbocycles. The van der Waals surface area contributed by atoms with E-state index < -0.39 is 0 Å². The van der Waals surface area contributed by atoms with Gasteiger partial charge in [0.25, 0.3) is 5.91 Å². The summed E-state index contributed by atoms with van der Waals surface area (Å²) >= 11 is 6.27. The van der Waals surface area contributed by atoms with Crippen LogP contribution in [0.1, 0.15) is 28.5 Å². The predicted molar refractivity (Wildman–Crippen MR) is 140 cm³/mol. The van der Waals surface area contributed by atoms with Crippen LogP contribution in [0.4, 0.5) is 0 Å². The average molecular weight is 488 g/mol. The van der Waals surface area contributed by atoms with Crippen molar-refractivity contribution in [2.75, 3.05) is 13.7 Å². The highest BCUT2D eigenvalue weighted by atomic mass is 35.5. The summed E-state index contributed by atoms with van der Waals surface area (Å²) in [5, 5.41) is 4.47. The third-order valence-electron chi connectivity index (χ3n) is 5.45. The Balaban J connectivity index is 1.48. The summed E-state index contributed by atoms with van der Waals surface area (Å²) < 4.78 is 13.0. The molecule has 0 spiro atoms. The zero-order valence-electron chi connectivity index (χ0n) is 19.8. The Labute approximate surface area is 209 Å². The van der Waals surface area contributed by atoms with Crippen LogP contribution in [-0.4, -0.2) is 30.4 Å². The molecule has 0 aliphatic heterocycles. The fourth-order valence-corrected chi connectivity index (χ4v) is 4.13. The minimum atomic E-state index is -0.315. The minimum absolute atomic E-state index is 0.315. The summed E-state index contributed by atoms with van der Waals surface area (Å²) in [5.41, 5.74) is 8.03. The fraction of sp³-hybridized carbons (Fsp3) is 0.143. The molecule has 0 radical (unpaired) electrons. The number of ether oxygens (including phenoxy) is 2. The number of methoxy groups -OCH3 is 1. The van der Waals surface area contributed by atoms with E-state index >= 15 is 0 Å². The number of nitrogens with one attached hydrogen (secondary N) is 1. The topological polar surface area (TPSA) is 64.8 Å². The van der Waals surface area contributed by atoms with Crippen LogP contribution in [-0.2, 0) is 0 Å². The molecule has 0 atom stereocenters. The average Bonchev–Trinajstić information content (AvgIpc) is 3.26. The summed E-state index contributed by atoms with van der Waals surface area (Å²) in [5.74, 6) is 0.661. The van der Waals surface area contributed by atoms with Crippen LogP contribution in [0.2, 0.25) is 5.02 Å². The molecule has 178 valence electrons. The van der Waals surface area contributed by atoms with Crippen LogP contribution in [0.15, 0.2) is 84.0 Å². The van der Waals surface area contributed by atoms with E-state index in [0.717, 1.165) is 22.6 Å². The van der Waals surface area contributed by atoms with E-state index in [1.165, 1.54) is 13.3 Å². The molecule has 4 aromatic rings. The molecule has 0 saturated heterocycles. The number of benzene rings is 3. The third kappa shape index (κ3) is 5.39. The van der Waals surface area contributed by atoms with Crippen molar-refractivity contribution in [1.82, 2.24) is 9.99 Å². The number of rotatable bonds is 8. The molecule has 4 rings (SSSR count). The molecule has 0 unspecified atom stereocenters. The Kier molecular flexibility index (Phi) is 7.53. The smallest absolute Gasteiger partial charge is 0.271 e. The first kappa shape index (κ1) is 24.1. The highest BCUT2D eigenvalue weighted by Crippen LogP contribution is 2.36. The van der Waals surface area contributed by atoms with Crippen molar-refractivity contribution < 1.29 is 14.3 Å². The summed E-state index contributed by atoms with van der Waals surface area (Å²) in [6.07, 6.45) is 1.51. The lowest BCUT2D eigenvalue weighted by molar-refractivity contribution is 0.0955. The number of aryl methyl sites for hydroxylation is 1. The Bertz CT molecular complexity index is 1350. The molecular weight excluding hydrogens is 462 g/mol. The Morgan fingerprint density at radius 2 is 1.80 bits per heavy atom. The van der Waals surface area contributed by atoms with Gasteiger partial charge in [-0.05, 0) is 73.5 Å². The molecule has 1 aromatic heterocycles. The zero-order chi connectivity index (χ0) is 24.8. The number of hydrazone groups is 1. The molecule has 0 bridgehead atoms. The Morgan fingerprint density at radius 1 is 1.06 bits per heavy atom. The lowest BCUT2D eigenvalue weighted by atomic mass is 10.1. The number of aromatic nitrogens is 1. The van der Waals surface area contributed by atoms with Gasteiger partial charge in [-0.15, -0.1) is 0 Å². The van der Waals surface area contributed by atoms with Gasteiger partial charge in [0, 0.05) is 16.9 Å². The van der Waals surface area contributed by atoms with E-state index in [2.05, 4.69) is 46.3 Å². The van der Waals surface area contributed by atoms with Gasteiger partial charge >= 0.3 is 0 Å². The van der Waals surface area contributed by atoms with Crippen LogP contribution in [0.5, 0.6) is 11.5 Å². The van der Waals surface area contributed by atoms with Crippen molar-refractivity contribution in [1.29, 1.82) is 0 Å². The van der Waals surface area contributed by atoms with Crippen molar-refractivity contribution in [2.45, 2.75) is 13.8 Å². The number of carbonyl (C=O) groups excluding carboxylic acids is 1. The van der Waals surface area contributed by atoms with Crippen molar-refractivity contribution in [3.8, 4) is 28.4 Å². The molecule has 0 aliphatic carbocycles. The van der Waals surface area contributed by atoms with Gasteiger partial charge in [0.15, 0.2) is 11.5 Å². The monoisotopic (exact) mass is 487 g/mol. The first-order valence-corrected chi connectivity index (χ1v) is 11.6. The van der Waals surface area contributed by atoms with Gasteiger partial charge in [0.1, 0.15) is 0 Å². The first-order chi connectivity index (χ1) is 17.0. The zero-order valence-corrected chi connectivity index (χ0v) is 20.5. The summed E-state index contributed by atoms with van der Waals surface area (Å²) in [6, 6.07) is 25.3. The third-order valence-corrected chi connectivity index (χ3v) is 5.73. The highest BCUT2D eigenvalue weighted by Gasteiger charge is 2.12. The molecule has 35 heavy (non-hydrogen) atoms. The SMILES string of the molecule is CCOc1cc(/C=N/NC(=O)c2ccc(-n3c(C)ccc3-c3ccccc3)cc2)cc(Cl)c1OC. The number of nitrogens with zero attached hydrogens (tertiary/aromatic N) is 2. The molecule has 1 amide bonds. The molecule has 3 aromatic carbocycles. The number of amides is 1. The minimum Gasteiger partial charge on any atom is -0.491 e. The second-order valence-electron chi connectivity index (χ2n) is 7.77. The van der Waals surface area contributed by atoms with Gasteiger partial charge in [-0.1, -0.05) is 41.9 Å². The second kappa shape index (κ2) is 10.9. The molecule has 6 nitrogen and oxygen atoms in total. The highest BCUT2D eigenvalue weighted by molar-refractivity contribution is 6.32. The van der Waals surface area contributed by atoms with Crippen LogP contribution in [0.25, 0.3) is 16.9 Å². The maximum atomic E-state index is 12.6. The van der Waals surface area contributed by atoms with Gasteiger partial charge in [0.05, 0.1) is 30.6 Å². The maximum absolute atomic E-state index is 12.6. The first-order valence-electron chi connectivity index (χ1n) is 11.2. The number of halogens is 1. The molecule has 7 heteroatoms. The van der Waals surface area contributed by atoms with Gasteiger partial charge < -0.3 is 14.0 Å². The van der Waals surface area contributed by atoms with Crippen molar-refractivity contribution in [2.24, 2.45) is 5.10 Å². The van der Waals surface area contributed by atoms with Crippen LogP contribution in [0, 0.1) is 6.92 Å². The predicted octanol–water partition coefficient (Wildman–Crippen LogP) is 6.28. The molecular formula is C28H26ClN3O3. The van der Waals surface area contributed by atoms with E-state index in [4.69, 9.17) is 21.1 Å². The summed E-state index contributed by atoms with van der Waals surface area (Å²) in [6.45, 7) is 4.40. The molecule has 1 N–H and O–H groups in total. The lowest BCUT2D eigenvalue weighted by Crippen LogP contribution is -2.17. The van der Waals surface area contributed by atoms with E-state index in [9.17, 15) is 4.79 Å². The fourth-order valence-electron chi connectivity index (χ4n) is 3.83. The van der Waals surface area contributed by atoms with Crippen LogP contribution in [0.3, 0.4) is 0 Å². The van der Waals surface area contributed by atoms with E-state index in [1.807, 2.05) is 37.3 Å². The maximum Gasteiger partial charge on any atom is 0.271 e. The van der Waals surface area contributed by atoms with Crippen molar-refractivity contribution in [3.63, 3.8) is 0 Å². The number of hydrogen-bond acceptors (Lipinski definition) is 4. The van der Waals surface area contributed by atoms with Gasteiger partial charge in [-0.3, -0.25) is 4.79 Å². The van der Waals surface area contributed by atoms with E-state index in [-0.39, 0.29) is 5.91 Å². The normalized spacial score (nSPS) is 11.0. The molecule has 1 heterocycles. The van der Waals surface area contributed by atoms with E-state index in [0.29, 0.717) is 34.3 Å². The summed E-state index contributed by atoms with van der Waals surface area (Å²) in [7, 11) is 1.53. The number of carbonyl (C=O) groups is 1. The standard InChI is InChI=1S/C28H26ClN3O3/c1-4-35-26-17-20(16-24(29)27(26)34-3)18-30-31-28(33)22-11-13-23(14-12-22)32-19(2)10-15-25(32)21-8-6-5-7-9-21/h5-18H,4H2,1-3H3,(H,31,33)/b30-18+. The Hall–Kier alpha value is -4.03. The van der Waals surface area contributed by atoms with Crippen molar-refractivity contribution in [3.05, 3.63) is 101 Å². The van der Waals surface area contributed by atoms with Gasteiger partial charge in [-0.25, -0.2) is 5.43 Å². The van der Waals surface area contributed by atoms with Gasteiger partial charge in [0.2, 0.25) is 0 Å². The second-order valence-corrected chi connectivity index (χ2v) is 8.18. The van der Waals surface area contributed by atoms with Gasteiger partial charge in [-0.2, -0.15) is 5.10 Å².